The van der Waals surface area contributed by atoms with Crippen molar-refractivity contribution in [2.45, 2.75) is 44.2 Å². The van der Waals surface area contributed by atoms with Crippen molar-refractivity contribution in [2.75, 3.05) is 0 Å². The molecule has 1 saturated carbocycles. The summed E-state index contributed by atoms with van der Waals surface area (Å²) in [4.78, 5) is 4.49. The number of aromatic nitrogens is 3. The van der Waals surface area contributed by atoms with Crippen LogP contribution in [0.5, 0.6) is 0 Å². The first-order valence-corrected chi connectivity index (χ1v) is 4.94. The van der Waals surface area contributed by atoms with Gasteiger partial charge in [0.2, 0.25) is 0 Å². The molecule has 13 heavy (non-hydrogen) atoms. The molecule has 70 valence electrons. The van der Waals surface area contributed by atoms with Gasteiger partial charge in [-0.05, 0) is 19.3 Å². The van der Waals surface area contributed by atoms with Crippen molar-refractivity contribution in [2.24, 2.45) is 0 Å². The minimum Gasteiger partial charge on any atom is -0.391 e. The monoisotopic (exact) mass is 179 g/mol. The van der Waals surface area contributed by atoms with Crippen LogP contribution in [0, 0.1) is 0 Å². The molecule has 0 spiro atoms. The van der Waals surface area contributed by atoms with Crippen LogP contribution in [0.4, 0.5) is 0 Å². The van der Waals surface area contributed by atoms with E-state index in [0.29, 0.717) is 12.5 Å². The van der Waals surface area contributed by atoms with Crippen LogP contribution in [0.15, 0.2) is 0 Å². The van der Waals surface area contributed by atoms with E-state index in [4.69, 9.17) is 0 Å². The highest BCUT2D eigenvalue weighted by Gasteiger charge is 2.30. The van der Waals surface area contributed by atoms with Gasteiger partial charge in [0.1, 0.15) is 5.82 Å². The predicted octanol–water partition coefficient (Wildman–Crippen LogP) is 0.463. The highest BCUT2D eigenvalue weighted by Crippen LogP contribution is 2.38. The quantitative estimate of drug-likeness (QED) is 0.681. The van der Waals surface area contributed by atoms with Crippen LogP contribution in [0.3, 0.4) is 0 Å². The third-order valence-electron chi connectivity index (χ3n) is 2.79. The fourth-order valence-electron chi connectivity index (χ4n) is 1.83. The summed E-state index contributed by atoms with van der Waals surface area (Å²) >= 11 is 0. The summed E-state index contributed by atoms with van der Waals surface area (Å²) in [5.74, 6) is 2.69. The predicted molar refractivity (Wildman–Crippen MR) is 46.3 cm³/mol. The van der Waals surface area contributed by atoms with Gasteiger partial charge in [-0.3, -0.25) is 0 Å². The van der Waals surface area contributed by atoms with E-state index < -0.39 is 0 Å². The van der Waals surface area contributed by atoms with Crippen LogP contribution in [-0.4, -0.2) is 26.0 Å². The van der Waals surface area contributed by atoms with E-state index in [9.17, 15) is 5.11 Å². The highest BCUT2D eigenvalue weighted by molar-refractivity contribution is 5.07. The number of aliphatic hydroxyl groups is 1. The lowest BCUT2D eigenvalue weighted by Gasteiger charge is -2.16. The van der Waals surface area contributed by atoms with Crippen molar-refractivity contribution in [3.63, 3.8) is 0 Å². The minimum atomic E-state index is -0.221. The molecule has 1 fully saturated rings. The summed E-state index contributed by atoms with van der Waals surface area (Å²) in [5, 5.41) is 13.8. The number of fused-ring (bicyclic) bond motifs is 1. The molecule has 1 aromatic heterocycles. The van der Waals surface area contributed by atoms with Gasteiger partial charge in [-0.25, -0.2) is 9.67 Å². The smallest absolute Gasteiger partial charge is 0.154 e. The van der Waals surface area contributed by atoms with Gasteiger partial charge in [-0.1, -0.05) is 0 Å². The number of rotatable bonds is 1. The Balaban J connectivity index is 1.93. The fourth-order valence-corrected chi connectivity index (χ4v) is 1.83. The zero-order valence-electron chi connectivity index (χ0n) is 7.48. The van der Waals surface area contributed by atoms with Crippen molar-refractivity contribution in [3.05, 3.63) is 11.6 Å². The molecule has 4 heteroatoms. The Kier molecular flexibility index (Phi) is 1.47. The van der Waals surface area contributed by atoms with Crippen molar-refractivity contribution in [3.8, 4) is 0 Å². The normalized spacial score (nSPS) is 27.3. The third kappa shape index (κ3) is 1.25. The van der Waals surface area contributed by atoms with Gasteiger partial charge in [-0.2, -0.15) is 5.10 Å². The lowest BCUT2D eigenvalue weighted by atomic mass is 10.1. The zero-order valence-corrected chi connectivity index (χ0v) is 7.48. The average Bonchev–Trinajstić information content (AvgIpc) is 2.87. The Morgan fingerprint density at radius 1 is 1.31 bits per heavy atom. The maximum Gasteiger partial charge on any atom is 0.154 e. The van der Waals surface area contributed by atoms with Crippen molar-refractivity contribution in [1.29, 1.82) is 0 Å². The van der Waals surface area contributed by atoms with E-state index in [-0.39, 0.29) is 6.10 Å². The van der Waals surface area contributed by atoms with Crippen molar-refractivity contribution in [1.82, 2.24) is 14.8 Å². The molecule has 0 bridgehead atoms. The van der Waals surface area contributed by atoms with Gasteiger partial charge < -0.3 is 5.11 Å². The topological polar surface area (TPSA) is 50.9 Å². The Morgan fingerprint density at radius 2 is 2.15 bits per heavy atom. The van der Waals surface area contributed by atoms with E-state index in [1.807, 2.05) is 4.68 Å². The first-order chi connectivity index (χ1) is 6.33. The zero-order chi connectivity index (χ0) is 8.84. The van der Waals surface area contributed by atoms with Gasteiger partial charge >= 0.3 is 0 Å². The standard InChI is InChI=1S/C9H13N3O/c13-7-3-4-8-10-9(6-1-2-6)11-12(8)5-7/h6-7,13H,1-5H2. The molecule has 2 aliphatic rings. The summed E-state index contributed by atoms with van der Waals surface area (Å²) in [6, 6.07) is 0. The maximum absolute atomic E-state index is 9.43. The maximum atomic E-state index is 9.43. The SMILES string of the molecule is OC1CCc2nc(C3CC3)nn2C1. The lowest BCUT2D eigenvalue weighted by molar-refractivity contribution is 0.124. The van der Waals surface area contributed by atoms with E-state index in [0.717, 1.165) is 24.5 Å². The number of aliphatic hydroxyl groups excluding tert-OH is 1. The second-order valence-electron chi connectivity index (χ2n) is 4.04. The average molecular weight is 179 g/mol. The van der Waals surface area contributed by atoms with E-state index >= 15 is 0 Å². The molecule has 0 saturated heterocycles. The number of aryl methyl sites for hydroxylation is 1. The van der Waals surface area contributed by atoms with Crippen LogP contribution < -0.4 is 0 Å². The molecule has 0 amide bonds. The van der Waals surface area contributed by atoms with E-state index in [1.165, 1.54) is 12.8 Å². The van der Waals surface area contributed by atoms with Crippen LogP contribution in [0.1, 0.15) is 36.8 Å². The van der Waals surface area contributed by atoms with Gasteiger partial charge in [0.15, 0.2) is 5.82 Å². The van der Waals surface area contributed by atoms with Gasteiger partial charge in [0, 0.05) is 12.3 Å². The molecule has 1 N–H and O–H groups in total. The van der Waals surface area contributed by atoms with Crippen LogP contribution in [0.25, 0.3) is 0 Å². The lowest BCUT2D eigenvalue weighted by Crippen LogP contribution is -2.25. The molecule has 1 aliphatic carbocycles. The molecule has 1 aromatic rings. The Labute approximate surface area is 76.6 Å². The van der Waals surface area contributed by atoms with Crippen LogP contribution in [-0.2, 0) is 13.0 Å². The molecule has 0 aromatic carbocycles. The Morgan fingerprint density at radius 3 is 2.92 bits per heavy atom. The fraction of sp³-hybridized carbons (Fsp3) is 0.778. The molecule has 2 heterocycles. The summed E-state index contributed by atoms with van der Waals surface area (Å²) in [5.41, 5.74) is 0. The first kappa shape index (κ1) is 7.50. The summed E-state index contributed by atoms with van der Waals surface area (Å²) in [6.45, 7) is 0.634. The van der Waals surface area contributed by atoms with Gasteiger partial charge in [-0.15, -0.1) is 0 Å². The van der Waals surface area contributed by atoms with Gasteiger partial charge in [0.05, 0.1) is 12.6 Å². The van der Waals surface area contributed by atoms with Gasteiger partial charge in [0.25, 0.3) is 0 Å². The molecule has 1 unspecified atom stereocenters. The molecule has 0 radical (unpaired) electrons. The molecule has 4 nitrogen and oxygen atoms in total. The van der Waals surface area contributed by atoms with Crippen LogP contribution in [0.2, 0.25) is 0 Å². The number of hydrogen-bond acceptors (Lipinski definition) is 3. The van der Waals surface area contributed by atoms with Crippen LogP contribution >= 0.6 is 0 Å². The van der Waals surface area contributed by atoms with Crippen molar-refractivity contribution >= 4 is 0 Å². The highest BCUT2D eigenvalue weighted by atomic mass is 16.3. The Bertz CT molecular complexity index is 330. The minimum absolute atomic E-state index is 0.221. The molecular weight excluding hydrogens is 166 g/mol. The summed E-state index contributed by atoms with van der Waals surface area (Å²) in [7, 11) is 0. The summed E-state index contributed by atoms with van der Waals surface area (Å²) in [6.07, 6.45) is 3.98. The number of nitrogens with zero attached hydrogens (tertiary/aromatic N) is 3. The summed E-state index contributed by atoms with van der Waals surface area (Å²) < 4.78 is 1.88. The second-order valence-corrected chi connectivity index (χ2v) is 4.04. The Hall–Kier alpha value is -0.900. The molecule has 1 aliphatic heterocycles. The van der Waals surface area contributed by atoms with E-state index in [2.05, 4.69) is 10.1 Å². The van der Waals surface area contributed by atoms with Crippen molar-refractivity contribution < 1.29 is 5.11 Å². The molecular formula is C9H13N3O. The largest absolute Gasteiger partial charge is 0.391 e. The third-order valence-corrected chi connectivity index (χ3v) is 2.79. The number of hydrogen-bond donors (Lipinski definition) is 1. The first-order valence-electron chi connectivity index (χ1n) is 4.94. The molecule has 1 atom stereocenters. The van der Waals surface area contributed by atoms with E-state index in [1.54, 1.807) is 0 Å². The second kappa shape index (κ2) is 2.54. The molecule has 3 rings (SSSR count).